The third-order valence-electron chi connectivity index (χ3n) is 3.76. The molecule has 0 atom stereocenters. The quantitative estimate of drug-likeness (QED) is 0.605. The normalized spacial score (nSPS) is 11.7. The van der Waals surface area contributed by atoms with E-state index in [4.69, 9.17) is 4.52 Å². The maximum atomic E-state index is 12.7. The number of aryl methyl sites for hydroxylation is 1. The lowest BCUT2D eigenvalue weighted by molar-refractivity contribution is 0.460. The number of anilines is 2. The van der Waals surface area contributed by atoms with Crippen molar-refractivity contribution in [1.29, 1.82) is 0 Å². The summed E-state index contributed by atoms with van der Waals surface area (Å²) in [4.78, 5) is 4.44. The Balaban J connectivity index is 1.65. The summed E-state index contributed by atoms with van der Waals surface area (Å²) < 4.78 is 31.7. The zero-order valence-corrected chi connectivity index (χ0v) is 14.1. The summed E-state index contributed by atoms with van der Waals surface area (Å²) in [5.41, 5.74) is 2.70. The van der Waals surface area contributed by atoms with Gasteiger partial charge in [0.2, 0.25) is 5.82 Å². The number of aromatic nitrogens is 3. The average molecular weight is 354 g/mol. The number of benzene rings is 1. The van der Waals surface area contributed by atoms with E-state index in [9.17, 15) is 8.42 Å². The van der Waals surface area contributed by atoms with Gasteiger partial charge in [-0.15, -0.1) is 0 Å². The van der Waals surface area contributed by atoms with Crippen LogP contribution in [0.1, 0.15) is 5.56 Å². The molecule has 25 heavy (non-hydrogen) atoms. The van der Waals surface area contributed by atoms with Crippen LogP contribution in [0, 0.1) is 6.92 Å². The second-order valence-electron chi connectivity index (χ2n) is 5.55. The van der Waals surface area contributed by atoms with Crippen molar-refractivity contribution in [2.45, 2.75) is 11.8 Å². The lowest BCUT2D eigenvalue weighted by Crippen LogP contribution is -2.10. The fourth-order valence-corrected chi connectivity index (χ4v) is 3.63. The molecule has 126 valence electrons. The van der Waals surface area contributed by atoms with Crippen LogP contribution in [0.15, 0.2) is 70.5 Å². The highest BCUT2D eigenvalue weighted by Gasteiger charge is 2.17. The molecule has 0 fully saturated rings. The van der Waals surface area contributed by atoms with Gasteiger partial charge in [0.1, 0.15) is 0 Å². The second-order valence-corrected chi connectivity index (χ2v) is 7.40. The zero-order chi connectivity index (χ0) is 17.4. The number of rotatable bonds is 4. The summed E-state index contributed by atoms with van der Waals surface area (Å²) in [5.74, 6) is 0.432. The van der Waals surface area contributed by atoms with E-state index in [1.165, 1.54) is 12.4 Å². The molecule has 1 N–H and O–H groups in total. The van der Waals surface area contributed by atoms with Crippen LogP contribution in [0.25, 0.3) is 11.1 Å². The molecule has 0 unspecified atom stereocenters. The molecule has 0 aliphatic rings. The van der Waals surface area contributed by atoms with E-state index in [1.54, 1.807) is 48.7 Å². The molecule has 8 heteroatoms. The van der Waals surface area contributed by atoms with Crippen molar-refractivity contribution in [1.82, 2.24) is 14.1 Å². The van der Waals surface area contributed by atoms with Gasteiger partial charge >= 0.3 is 0 Å². The van der Waals surface area contributed by atoms with Gasteiger partial charge in [0.05, 0.1) is 10.6 Å². The monoisotopic (exact) mass is 354 g/mol. The molecular formula is C17H14N4O3S. The highest BCUT2D eigenvalue weighted by Crippen LogP contribution is 2.25. The first kappa shape index (κ1) is 15.4. The highest BCUT2D eigenvalue weighted by atomic mass is 32.2. The maximum absolute atomic E-state index is 12.7. The number of pyridine rings is 1. The summed E-state index contributed by atoms with van der Waals surface area (Å²) in [6.07, 6.45) is 4.60. The third kappa shape index (κ3) is 2.76. The van der Waals surface area contributed by atoms with Crippen LogP contribution in [0.4, 0.5) is 11.5 Å². The van der Waals surface area contributed by atoms with Gasteiger partial charge < -0.3 is 9.84 Å². The van der Waals surface area contributed by atoms with Gasteiger partial charge in [-0.1, -0.05) is 22.9 Å². The molecule has 0 aliphatic carbocycles. The Morgan fingerprint density at radius 2 is 1.92 bits per heavy atom. The lowest BCUT2D eigenvalue weighted by Gasteiger charge is -2.06. The number of nitrogens with zero attached hydrogens (tertiary/aromatic N) is 3. The summed E-state index contributed by atoms with van der Waals surface area (Å²) in [6, 6.07) is 11.9. The van der Waals surface area contributed by atoms with E-state index in [1.807, 2.05) is 6.92 Å². The Morgan fingerprint density at radius 1 is 1.12 bits per heavy atom. The van der Waals surface area contributed by atoms with Crippen LogP contribution in [0.3, 0.4) is 0 Å². The van der Waals surface area contributed by atoms with Gasteiger partial charge in [-0.05, 0) is 37.3 Å². The van der Waals surface area contributed by atoms with Crippen molar-refractivity contribution in [3.8, 4) is 0 Å². The molecule has 0 bridgehead atoms. The molecule has 1 aromatic carbocycles. The van der Waals surface area contributed by atoms with Crippen molar-refractivity contribution >= 4 is 32.6 Å². The van der Waals surface area contributed by atoms with Crippen LogP contribution in [0.5, 0.6) is 0 Å². The third-order valence-corrected chi connectivity index (χ3v) is 5.41. The van der Waals surface area contributed by atoms with Crippen molar-refractivity contribution in [3.63, 3.8) is 0 Å². The molecule has 7 nitrogen and oxygen atoms in total. The van der Waals surface area contributed by atoms with Crippen LogP contribution in [-0.4, -0.2) is 22.5 Å². The van der Waals surface area contributed by atoms with Crippen molar-refractivity contribution in [2.24, 2.45) is 0 Å². The summed E-state index contributed by atoms with van der Waals surface area (Å²) in [5, 5.41) is 6.95. The number of fused-ring (bicyclic) bond motifs is 1. The van der Waals surface area contributed by atoms with Crippen molar-refractivity contribution in [3.05, 3.63) is 66.6 Å². The topological polar surface area (TPSA) is 90.0 Å². The lowest BCUT2D eigenvalue weighted by atomic mass is 10.2. The van der Waals surface area contributed by atoms with Gasteiger partial charge in [-0.3, -0.25) is 0 Å². The van der Waals surface area contributed by atoms with Gasteiger partial charge in [0.25, 0.3) is 10.0 Å². The Kier molecular flexibility index (Phi) is 3.54. The molecule has 0 spiro atoms. The van der Waals surface area contributed by atoms with E-state index in [2.05, 4.69) is 15.5 Å². The predicted molar refractivity (Wildman–Crippen MR) is 93.3 cm³/mol. The molecule has 0 saturated heterocycles. The smallest absolute Gasteiger partial charge is 0.267 e. The molecule has 4 rings (SSSR count). The second kappa shape index (κ2) is 5.75. The Hall–Kier alpha value is -3.13. The first-order valence-corrected chi connectivity index (χ1v) is 8.96. The van der Waals surface area contributed by atoms with Gasteiger partial charge in [-0.25, -0.2) is 17.4 Å². The van der Waals surface area contributed by atoms with E-state index in [-0.39, 0.29) is 4.90 Å². The highest BCUT2D eigenvalue weighted by molar-refractivity contribution is 7.90. The molecule has 3 aromatic heterocycles. The van der Waals surface area contributed by atoms with Crippen LogP contribution in [-0.2, 0) is 10.0 Å². The maximum Gasteiger partial charge on any atom is 0.267 e. The Bertz CT molecular complexity index is 1140. The number of hydrogen-bond donors (Lipinski definition) is 1. The molecule has 0 radical (unpaired) electrons. The first-order chi connectivity index (χ1) is 12.0. The fourth-order valence-electron chi connectivity index (χ4n) is 2.43. The van der Waals surface area contributed by atoms with Crippen molar-refractivity contribution < 1.29 is 12.9 Å². The minimum absolute atomic E-state index is 0.230. The molecule has 4 aromatic rings. The predicted octanol–water partition coefficient (Wildman–Crippen LogP) is 3.31. The van der Waals surface area contributed by atoms with Crippen molar-refractivity contribution in [2.75, 3.05) is 5.32 Å². The summed E-state index contributed by atoms with van der Waals surface area (Å²) in [7, 11) is -3.64. The van der Waals surface area contributed by atoms with E-state index < -0.39 is 10.0 Å². The SMILES string of the molecule is Cc1ccc(S(=O)(=O)n2ccc(Nc3noc4cccnc34)c2)cc1. The summed E-state index contributed by atoms with van der Waals surface area (Å²) >= 11 is 0. The average Bonchev–Trinajstić information content (AvgIpc) is 3.24. The minimum atomic E-state index is -3.64. The standard InChI is InChI=1S/C17H14N4O3S/c1-12-4-6-14(7-5-12)25(22,23)21-10-8-13(11-21)19-17-16-15(24-20-17)3-2-9-18-16/h2-11H,1H3,(H,19,20). The largest absolute Gasteiger partial charge is 0.352 e. The minimum Gasteiger partial charge on any atom is -0.352 e. The number of nitrogens with one attached hydrogen (secondary N) is 1. The molecule has 3 heterocycles. The molecule has 0 amide bonds. The van der Waals surface area contributed by atoms with E-state index >= 15 is 0 Å². The van der Waals surface area contributed by atoms with Gasteiger partial charge in [0.15, 0.2) is 11.1 Å². The fraction of sp³-hybridized carbons (Fsp3) is 0.0588. The zero-order valence-electron chi connectivity index (χ0n) is 13.2. The summed E-state index contributed by atoms with van der Waals surface area (Å²) in [6.45, 7) is 1.91. The van der Waals surface area contributed by atoms with Gasteiger partial charge in [0, 0.05) is 18.6 Å². The van der Waals surface area contributed by atoms with Crippen LogP contribution < -0.4 is 5.32 Å². The van der Waals surface area contributed by atoms with Crippen LogP contribution >= 0.6 is 0 Å². The molecule has 0 saturated carbocycles. The number of hydrogen-bond acceptors (Lipinski definition) is 6. The van der Waals surface area contributed by atoms with Crippen LogP contribution in [0.2, 0.25) is 0 Å². The Labute approximate surface area is 144 Å². The van der Waals surface area contributed by atoms with Gasteiger partial charge in [-0.2, -0.15) is 0 Å². The molecule has 0 aliphatic heterocycles. The first-order valence-electron chi connectivity index (χ1n) is 7.52. The van der Waals surface area contributed by atoms with E-state index in [0.717, 1.165) is 9.54 Å². The van der Waals surface area contributed by atoms with E-state index in [0.29, 0.717) is 22.6 Å². The molecular weight excluding hydrogens is 340 g/mol. The Morgan fingerprint density at radius 3 is 2.72 bits per heavy atom.